The molecule has 1 atom stereocenters. The van der Waals surface area contributed by atoms with Crippen molar-refractivity contribution in [3.63, 3.8) is 0 Å². The van der Waals surface area contributed by atoms with Crippen LogP contribution in [0.5, 0.6) is 0 Å². The summed E-state index contributed by atoms with van der Waals surface area (Å²) < 4.78 is 27.7. The molecule has 0 aliphatic heterocycles. The molecule has 0 radical (unpaired) electrons. The quantitative estimate of drug-likeness (QED) is 0.306. The van der Waals surface area contributed by atoms with E-state index in [9.17, 15) is 0 Å². The molecular weight excluding hydrogens is 332 g/mol. The van der Waals surface area contributed by atoms with Crippen LogP contribution >= 0.6 is 13.5 Å². The van der Waals surface area contributed by atoms with E-state index in [1.165, 1.54) is 19.3 Å². The second kappa shape index (κ2) is 17.2. The van der Waals surface area contributed by atoms with Gasteiger partial charge in [0, 0.05) is 40.6 Å². The van der Waals surface area contributed by atoms with Gasteiger partial charge in [-0.3, -0.25) is 0 Å². The van der Waals surface area contributed by atoms with E-state index >= 15 is 0 Å². The molecule has 0 aromatic rings. The third-order valence-electron chi connectivity index (χ3n) is 3.82. The van der Waals surface area contributed by atoms with Crippen LogP contribution in [0.1, 0.15) is 52.4 Å². The van der Waals surface area contributed by atoms with Crippen molar-refractivity contribution in [1.82, 2.24) is 0 Å². The molecule has 0 rings (SSSR count). The number of ether oxygens (including phenoxy) is 2. The van der Waals surface area contributed by atoms with Crippen LogP contribution in [0.15, 0.2) is 0 Å². The largest absolute Gasteiger partial charge is 0.500 e. The highest BCUT2D eigenvalue weighted by Crippen LogP contribution is 2.15. The second-order valence-electron chi connectivity index (χ2n) is 5.44. The Labute approximate surface area is 151 Å². The van der Waals surface area contributed by atoms with Gasteiger partial charge in [0.15, 0.2) is 0 Å². The predicted molar refractivity (Wildman–Crippen MR) is 102 cm³/mol. The van der Waals surface area contributed by atoms with Crippen LogP contribution in [0.25, 0.3) is 0 Å². The van der Waals surface area contributed by atoms with Gasteiger partial charge in [0.1, 0.15) is 0 Å². The van der Waals surface area contributed by atoms with E-state index in [-0.39, 0.29) is 19.6 Å². The molecule has 5 nitrogen and oxygen atoms in total. The van der Waals surface area contributed by atoms with E-state index < -0.39 is 8.80 Å². The van der Waals surface area contributed by atoms with Gasteiger partial charge in [-0.1, -0.05) is 33.1 Å². The Morgan fingerprint density at radius 1 is 0.826 bits per heavy atom. The Balaban J connectivity index is 0. The van der Waals surface area contributed by atoms with E-state index in [0.717, 1.165) is 31.9 Å². The fourth-order valence-electron chi connectivity index (χ4n) is 2.22. The summed E-state index contributed by atoms with van der Waals surface area (Å²) in [7, 11) is 2.47. The molecule has 0 bridgehead atoms. The molecule has 1 unspecified atom stereocenters. The van der Waals surface area contributed by atoms with Crippen molar-refractivity contribution >= 4 is 22.3 Å². The number of hydrogen-bond acceptors (Lipinski definition) is 5. The molecule has 0 aliphatic carbocycles. The van der Waals surface area contributed by atoms with Gasteiger partial charge < -0.3 is 22.8 Å². The summed E-state index contributed by atoms with van der Waals surface area (Å²) in [5, 5.41) is 0. The van der Waals surface area contributed by atoms with E-state index in [1.54, 1.807) is 21.3 Å². The van der Waals surface area contributed by atoms with Crippen molar-refractivity contribution in [2.45, 2.75) is 64.5 Å². The lowest BCUT2D eigenvalue weighted by Crippen LogP contribution is -2.42. The Kier molecular flexibility index (Phi) is 19.1. The lowest BCUT2D eigenvalue weighted by Gasteiger charge is -2.24. The Hall–Kier alpha value is 0.367. The summed E-state index contributed by atoms with van der Waals surface area (Å²) >= 11 is 0. The summed E-state index contributed by atoms with van der Waals surface area (Å²) in [6, 6.07) is 0.769. The predicted octanol–water partition coefficient (Wildman–Crippen LogP) is 3.76. The van der Waals surface area contributed by atoms with Crippen LogP contribution in [0.2, 0.25) is 6.04 Å². The molecule has 0 saturated heterocycles. The summed E-state index contributed by atoms with van der Waals surface area (Å²) in [4.78, 5) is 0. The molecular formula is C16H38O5SSi. The van der Waals surface area contributed by atoms with Crippen LogP contribution in [-0.4, -0.2) is 56.1 Å². The van der Waals surface area contributed by atoms with Gasteiger partial charge in [-0.05, 0) is 19.3 Å². The molecule has 7 heteroatoms. The van der Waals surface area contributed by atoms with Crippen molar-refractivity contribution in [2.24, 2.45) is 0 Å². The third-order valence-corrected chi connectivity index (χ3v) is 6.65. The monoisotopic (exact) mass is 370 g/mol. The van der Waals surface area contributed by atoms with Crippen molar-refractivity contribution in [3.05, 3.63) is 0 Å². The van der Waals surface area contributed by atoms with Gasteiger partial charge in [-0.15, -0.1) is 0 Å². The standard InChI is InChI=1S/C16H36O5Si.H2S/c1-6-8-9-10-13-21-16(7-2)15-20-12-11-14-22(17-3,18-4)19-5;/h16H,6-15H2,1-5H3;1H2. The Morgan fingerprint density at radius 2 is 1.48 bits per heavy atom. The molecule has 0 amide bonds. The first kappa shape index (κ1) is 25.6. The molecule has 0 N–H and O–H groups in total. The zero-order valence-electron chi connectivity index (χ0n) is 15.7. The van der Waals surface area contributed by atoms with E-state index in [1.807, 2.05) is 0 Å². The minimum Gasteiger partial charge on any atom is -0.379 e. The van der Waals surface area contributed by atoms with E-state index in [4.69, 9.17) is 22.8 Å². The zero-order valence-corrected chi connectivity index (χ0v) is 17.7. The summed E-state index contributed by atoms with van der Waals surface area (Å²) in [6.45, 7) is 6.54. The molecule has 0 heterocycles. The van der Waals surface area contributed by atoms with Gasteiger partial charge in [0.05, 0.1) is 12.7 Å². The maximum absolute atomic E-state index is 5.86. The van der Waals surface area contributed by atoms with Gasteiger partial charge >= 0.3 is 8.80 Å². The van der Waals surface area contributed by atoms with Gasteiger partial charge in [-0.2, -0.15) is 13.5 Å². The summed E-state index contributed by atoms with van der Waals surface area (Å²) in [5.74, 6) is 0. The van der Waals surface area contributed by atoms with Crippen LogP contribution in [0.4, 0.5) is 0 Å². The Bertz CT molecular complexity index is 234. The van der Waals surface area contributed by atoms with Crippen molar-refractivity contribution in [3.8, 4) is 0 Å². The van der Waals surface area contributed by atoms with Crippen LogP contribution < -0.4 is 0 Å². The lowest BCUT2D eigenvalue weighted by molar-refractivity contribution is -0.0197. The average Bonchev–Trinajstić information content (AvgIpc) is 2.56. The first-order chi connectivity index (χ1) is 10.7. The molecule has 0 spiro atoms. The minimum atomic E-state index is -2.45. The number of hydrogen-bond donors (Lipinski definition) is 0. The van der Waals surface area contributed by atoms with Crippen LogP contribution in [0.3, 0.4) is 0 Å². The third kappa shape index (κ3) is 12.4. The fraction of sp³-hybridized carbons (Fsp3) is 1.00. The van der Waals surface area contributed by atoms with E-state index in [2.05, 4.69) is 13.8 Å². The van der Waals surface area contributed by atoms with Gasteiger partial charge in [-0.25, -0.2) is 0 Å². The first-order valence-electron chi connectivity index (χ1n) is 8.52. The summed E-state index contributed by atoms with van der Waals surface area (Å²) in [6.07, 6.45) is 7.02. The summed E-state index contributed by atoms with van der Waals surface area (Å²) in [5.41, 5.74) is 0. The van der Waals surface area contributed by atoms with Gasteiger partial charge in [0.2, 0.25) is 0 Å². The molecule has 23 heavy (non-hydrogen) atoms. The molecule has 0 aliphatic rings. The SMILES string of the molecule is CCCCCCOC(CC)COCCC[Si](OC)(OC)OC.S. The maximum atomic E-state index is 5.86. The first-order valence-corrected chi connectivity index (χ1v) is 10.5. The number of unbranched alkanes of at least 4 members (excludes halogenated alkanes) is 3. The van der Waals surface area contributed by atoms with Crippen molar-refractivity contribution in [1.29, 1.82) is 0 Å². The normalized spacial score (nSPS) is 12.9. The lowest BCUT2D eigenvalue weighted by atomic mass is 10.2. The molecule has 0 aromatic heterocycles. The zero-order chi connectivity index (χ0) is 16.7. The van der Waals surface area contributed by atoms with Crippen molar-refractivity contribution < 1.29 is 22.8 Å². The van der Waals surface area contributed by atoms with Crippen LogP contribution in [0, 0.1) is 0 Å². The molecule has 0 aromatic carbocycles. The van der Waals surface area contributed by atoms with Gasteiger partial charge in [0.25, 0.3) is 0 Å². The maximum Gasteiger partial charge on any atom is 0.500 e. The van der Waals surface area contributed by atoms with E-state index in [0.29, 0.717) is 13.2 Å². The molecule has 0 fully saturated rings. The Morgan fingerprint density at radius 3 is 2.00 bits per heavy atom. The molecule has 0 saturated carbocycles. The second-order valence-corrected chi connectivity index (χ2v) is 8.53. The fourth-order valence-corrected chi connectivity index (χ4v) is 3.91. The highest BCUT2D eigenvalue weighted by atomic mass is 32.1. The van der Waals surface area contributed by atoms with Crippen molar-refractivity contribution in [2.75, 3.05) is 41.2 Å². The highest BCUT2D eigenvalue weighted by molar-refractivity contribution is 7.59. The highest BCUT2D eigenvalue weighted by Gasteiger charge is 2.36. The average molecular weight is 371 g/mol. The molecule has 142 valence electrons. The van der Waals surface area contributed by atoms with Crippen LogP contribution in [-0.2, 0) is 22.8 Å². The smallest absolute Gasteiger partial charge is 0.379 e. The topological polar surface area (TPSA) is 46.2 Å². The minimum absolute atomic E-state index is 0. The number of rotatable bonds is 16.